The molecule has 0 radical (unpaired) electrons. The van der Waals surface area contributed by atoms with Crippen molar-refractivity contribution < 1.29 is 0 Å². The first-order valence-electron chi connectivity index (χ1n) is 8.87. The molecule has 6 heteroatoms. The predicted molar refractivity (Wildman–Crippen MR) is 101 cm³/mol. The second-order valence-corrected chi connectivity index (χ2v) is 6.89. The van der Waals surface area contributed by atoms with Gasteiger partial charge in [0.1, 0.15) is 5.82 Å². The summed E-state index contributed by atoms with van der Waals surface area (Å²) in [6, 6.07) is 11.1. The van der Waals surface area contributed by atoms with E-state index in [1.807, 2.05) is 22.8 Å². The van der Waals surface area contributed by atoms with Crippen LogP contribution in [0.1, 0.15) is 31.2 Å². The van der Waals surface area contributed by atoms with Gasteiger partial charge in [0.05, 0.1) is 5.69 Å². The lowest BCUT2D eigenvalue weighted by Crippen LogP contribution is -2.33. The normalized spacial score (nSPS) is 20.6. The Morgan fingerprint density at radius 2 is 2.00 bits per heavy atom. The van der Waals surface area contributed by atoms with E-state index in [0.717, 1.165) is 48.5 Å². The first kappa shape index (κ1) is 15.9. The van der Waals surface area contributed by atoms with Crippen molar-refractivity contribution in [1.29, 1.82) is 0 Å². The van der Waals surface area contributed by atoms with E-state index in [2.05, 4.69) is 45.8 Å². The van der Waals surface area contributed by atoms with Crippen LogP contribution in [0, 0.1) is 6.92 Å². The number of aryl methyl sites for hydroxylation is 1. The van der Waals surface area contributed by atoms with Gasteiger partial charge >= 0.3 is 0 Å². The Labute approximate surface area is 147 Å². The molecule has 6 nitrogen and oxygen atoms in total. The van der Waals surface area contributed by atoms with Crippen molar-refractivity contribution in [3.05, 3.63) is 48.3 Å². The number of nitrogens with two attached hydrogens (primary N) is 1. The second-order valence-electron chi connectivity index (χ2n) is 6.89. The number of imidazole rings is 1. The van der Waals surface area contributed by atoms with Gasteiger partial charge in [-0.3, -0.25) is 0 Å². The number of rotatable bonds is 4. The Kier molecular flexibility index (Phi) is 4.28. The molecule has 0 saturated heterocycles. The van der Waals surface area contributed by atoms with Gasteiger partial charge in [-0.2, -0.15) is 0 Å². The van der Waals surface area contributed by atoms with E-state index in [0.29, 0.717) is 12.1 Å². The SMILES string of the molecule is Cc1cccc(Nc2cc(NC3CCC(N)CC3)nn3ccnc23)c1. The highest BCUT2D eigenvalue weighted by Gasteiger charge is 2.19. The predicted octanol–water partition coefficient (Wildman–Crippen LogP) is 3.46. The van der Waals surface area contributed by atoms with Gasteiger partial charge in [0, 0.05) is 36.2 Å². The minimum absolute atomic E-state index is 0.348. The van der Waals surface area contributed by atoms with Gasteiger partial charge in [0.2, 0.25) is 0 Å². The molecule has 2 heterocycles. The molecule has 1 aliphatic rings. The first-order valence-corrected chi connectivity index (χ1v) is 8.87. The van der Waals surface area contributed by atoms with E-state index in [9.17, 15) is 0 Å². The van der Waals surface area contributed by atoms with Crippen LogP contribution in [0.2, 0.25) is 0 Å². The molecular formula is C19H24N6. The Morgan fingerprint density at radius 3 is 2.80 bits per heavy atom. The summed E-state index contributed by atoms with van der Waals surface area (Å²) in [6.45, 7) is 2.09. The molecular weight excluding hydrogens is 312 g/mol. The molecule has 0 unspecified atom stereocenters. The topological polar surface area (TPSA) is 80.3 Å². The van der Waals surface area contributed by atoms with E-state index in [1.54, 1.807) is 6.20 Å². The molecule has 0 spiro atoms. The van der Waals surface area contributed by atoms with E-state index < -0.39 is 0 Å². The zero-order valence-electron chi connectivity index (χ0n) is 14.4. The number of fused-ring (bicyclic) bond motifs is 1. The number of nitrogens with one attached hydrogen (secondary N) is 2. The van der Waals surface area contributed by atoms with Crippen LogP contribution in [0.5, 0.6) is 0 Å². The zero-order chi connectivity index (χ0) is 17.2. The fraction of sp³-hybridized carbons (Fsp3) is 0.368. The second kappa shape index (κ2) is 6.72. The number of nitrogens with zero attached hydrogens (tertiary/aromatic N) is 3. The molecule has 3 aromatic rings. The van der Waals surface area contributed by atoms with Crippen molar-refractivity contribution in [2.24, 2.45) is 5.73 Å². The van der Waals surface area contributed by atoms with Crippen LogP contribution in [0.4, 0.5) is 17.2 Å². The maximum atomic E-state index is 6.01. The number of anilines is 3. The van der Waals surface area contributed by atoms with Crippen molar-refractivity contribution in [2.45, 2.75) is 44.7 Å². The fourth-order valence-electron chi connectivity index (χ4n) is 3.43. The van der Waals surface area contributed by atoms with Gasteiger partial charge in [0.25, 0.3) is 0 Å². The van der Waals surface area contributed by atoms with E-state index in [4.69, 9.17) is 5.73 Å². The number of benzene rings is 1. The molecule has 25 heavy (non-hydrogen) atoms. The third kappa shape index (κ3) is 3.58. The van der Waals surface area contributed by atoms with Crippen LogP contribution in [-0.4, -0.2) is 26.7 Å². The Balaban J connectivity index is 1.60. The van der Waals surface area contributed by atoms with Crippen molar-refractivity contribution in [3.63, 3.8) is 0 Å². The molecule has 0 bridgehead atoms. The Hall–Kier alpha value is -2.60. The zero-order valence-corrected chi connectivity index (χ0v) is 14.4. The highest BCUT2D eigenvalue weighted by Crippen LogP contribution is 2.26. The molecule has 130 valence electrons. The lowest BCUT2D eigenvalue weighted by molar-refractivity contribution is 0.410. The molecule has 4 N–H and O–H groups in total. The maximum Gasteiger partial charge on any atom is 0.177 e. The van der Waals surface area contributed by atoms with Crippen LogP contribution < -0.4 is 16.4 Å². The van der Waals surface area contributed by atoms with E-state index in [1.165, 1.54) is 5.56 Å². The monoisotopic (exact) mass is 336 g/mol. The summed E-state index contributed by atoms with van der Waals surface area (Å²) in [5, 5.41) is 11.7. The quantitative estimate of drug-likeness (QED) is 0.680. The van der Waals surface area contributed by atoms with Crippen molar-refractivity contribution in [1.82, 2.24) is 14.6 Å². The highest BCUT2D eigenvalue weighted by molar-refractivity contribution is 5.75. The lowest BCUT2D eigenvalue weighted by atomic mass is 9.92. The third-order valence-electron chi connectivity index (χ3n) is 4.78. The standard InChI is InChI=1S/C19H24N6/c1-13-3-2-4-16(11-13)22-17-12-18(24-25-10-9-21-19(17)25)23-15-7-5-14(20)6-8-15/h2-4,9-12,14-15,22H,5-8,20H2,1H3,(H,23,24). The van der Waals surface area contributed by atoms with Crippen LogP contribution in [-0.2, 0) is 0 Å². The first-order chi connectivity index (χ1) is 12.2. The molecule has 1 aromatic carbocycles. The Morgan fingerprint density at radius 1 is 1.16 bits per heavy atom. The molecule has 1 aliphatic carbocycles. The van der Waals surface area contributed by atoms with Gasteiger partial charge in [-0.1, -0.05) is 12.1 Å². The summed E-state index contributed by atoms with van der Waals surface area (Å²) in [5.74, 6) is 0.862. The number of hydrogen-bond acceptors (Lipinski definition) is 5. The van der Waals surface area contributed by atoms with Crippen molar-refractivity contribution in [2.75, 3.05) is 10.6 Å². The van der Waals surface area contributed by atoms with Crippen molar-refractivity contribution >= 4 is 22.8 Å². The third-order valence-corrected chi connectivity index (χ3v) is 4.78. The van der Waals surface area contributed by atoms with Gasteiger partial charge < -0.3 is 16.4 Å². The molecule has 1 fully saturated rings. The maximum absolute atomic E-state index is 6.01. The van der Waals surface area contributed by atoms with Crippen LogP contribution in [0.25, 0.3) is 5.65 Å². The summed E-state index contributed by atoms with van der Waals surface area (Å²) >= 11 is 0. The smallest absolute Gasteiger partial charge is 0.177 e. The Bertz CT molecular complexity index is 863. The summed E-state index contributed by atoms with van der Waals surface area (Å²) in [5.41, 5.74) is 10.0. The highest BCUT2D eigenvalue weighted by atomic mass is 15.3. The van der Waals surface area contributed by atoms with Gasteiger partial charge in [0.15, 0.2) is 5.65 Å². The average molecular weight is 336 g/mol. The minimum atomic E-state index is 0.348. The summed E-state index contributed by atoms with van der Waals surface area (Å²) < 4.78 is 1.81. The molecule has 4 rings (SSSR count). The average Bonchev–Trinajstić information content (AvgIpc) is 3.06. The van der Waals surface area contributed by atoms with E-state index in [-0.39, 0.29) is 0 Å². The molecule has 0 atom stereocenters. The molecule has 2 aromatic heterocycles. The van der Waals surface area contributed by atoms with Crippen LogP contribution in [0.15, 0.2) is 42.7 Å². The van der Waals surface area contributed by atoms with E-state index >= 15 is 0 Å². The van der Waals surface area contributed by atoms with Crippen molar-refractivity contribution in [3.8, 4) is 0 Å². The molecule has 0 amide bonds. The fourth-order valence-corrected chi connectivity index (χ4v) is 3.43. The lowest BCUT2D eigenvalue weighted by Gasteiger charge is -2.27. The summed E-state index contributed by atoms with van der Waals surface area (Å²) in [6.07, 6.45) is 7.96. The van der Waals surface area contributed by atoms with Crippen LogP contribution in [0.3, 0.4) is 0 Å². The van der Waals surface area contributed by atoms with Gasteiger partial charge in [-0.05, 0) is 50.3 Å². The largest absolute Gasteiger partial charge is 0.366 e. The summed E-state index contributed by atoms with van der Waals surface area (Å²) in [4.78, 5) is 4.43. The molecule has 1 saturated carbocycles. The van der Waals surface area contributed by atoms with Gasteiger partial charge in [-0.15, -0.1) is 5.10 Å². The summed E-state index contributed by atoms with van der Waals surface area (Å²) in [7, 11) is 0. The van der Waals surface area contributed by atoms with Crippen LogP contribution >= 0.6 is 0 Å². The number of hydrogen-bond donors (Lipinski definition) is 3. The minimum Gasteiger partial charge on any atom is -0.366 e. The molecule has 0 aliphatic heterocycles. The number of aromatic nitrogens is 3. The van der Waals surface area contributed by atoms with Gasteiger partial charge in [-0.25, -0.2) is 9.50 Å².